The van der Waals surface area contributed by atoms with Gasteiger partial charge in [0.05, 0.1) is 11.4 Å². The maximum atomic E-state index is 12.7. The van der Waals surface area contributed by atoms with Crippen LogP contribution in [-0.2, 0) is 4.79 Å². The van der Waals surface area contributed by atoms with Gasteiger partial charge in [0.2, 0.25) is 5.91 Å². The van der Waals surface area contributed by atoms with Gasteiger partial charge in [0.15, 0.2) is 0 Å². The van der Waals surface area contributed by atoms with E-state index in [0.717, 1.165) is 5.82 Å². The third-order valence-corrected chi connectivity index (χ3v) is 4.60. The lowest BCUT2D eigenvalue weighted by molar-refractivity contribution is -0.124. The normalized spacial score (nSPS) is 17.4. The summed E-state index contributed by atoms with van der Waals surface area (Å²) in [5, 5.41) is 2.92. The highest BCUT2D eigenvalue weighted by Crippen LogP contribution is 2.23. The minimum Gasteiger partial charge on any atom is -0.363 e. The molecule has 1 saturated heterocycles. The van der Waals surface area contributed by atoms with Crippen LogP contribution in [-0.4, -0.2) is 60.0 Å². The molecule has 1 aliphatic heterocycles. The fraction of sp³-hybridized carbons (Fsp3) is 0.562. The highest BCUT2D eigenvalue weighted by molar-refractivity contribution is 7.99. The van der Waals surface area contributed by atoms with Crippen molar-refractivity contribution in [3.63, 3.8) is 0 Å². The number of hydrogen-bond acceptors (Lipinski definition) is 5. The molecule has 126 valence electrons. The van der Waals surface area contributed by atoms with E-state index in [9.17, 15) is 9.59 Å². The molecule has 1 aromatic heterocycles. The Kier molecular flexibility index (Phi) is 5.87. The van der Waals surface area contributed by atoms with Gasteiger partial charge in [-0.1, -0.05) is 13.8 Å². The van der Waals surface area contributed by atoms with Crippen molar-refractivity contribution in [2.75, 3.05) is 37.2 Å². The van der Waals surface area contributed by atoms with E-state index in [-0.39, 0.29) is 11.8 Å². The number of amides is 2. The molecular formula is C16H24N4O2S. The average molecular weight is 336 g/mol. The number of nitrogens with one attached hydrogen (secondary N) is 1. The lowest BCUT2D eigenvalue weighted by Crippen LogP contribution is -2.48. The van der Waals surface area contributed by atoms with Crippen LogP contribution in [0.25, 0.3) is 0 Å². The Morgan fingerprint density at radius 3 is 2.74 bits per heavy atom. The number of rotatable bonds is 5. The van der Waals surface area contributed by atoms with Crippen LogP contribution in [0.5, 0.6) is 0 Å². The van der Waals surface area contributed by atoms with Crippen molar-refractivity contribution in [3.8, 4) is 0 Å². The number of aromatic nitrogens is 1. The van der Waals surface area contributed by atoms with Crippen LogP contribution in [0.4, 0.5) is 5.82 Å². The molecule has 2 amide bonds. The monoisotopic (exact) mass is 336 g/mol. The van der Waals surface area contributed by atoms with Gasteiger partial charge in [-0.05, 0) is 18.1 Å². The van der Waals surface area contributed by atoms with Gasteiger partial charge in [0.1, 0.15) is 11.9 Å². The van der Waals surface area contributed by atoms with Crippen molar-refractivity contribution in [1.82, 2.24) is 15.2 Å². The standard InChI is InChI=1S/C16H24N4O2S/c1-11(2)7-18-15(21)13-9-23-10-20(13)16(22)12-5-6-14(17-8-12)19(3)4/h5-6,8,11,13H,7,9-10H2,1-4H3,(H,18,21)/t13-/m0/s1. The molecule has 1 atom stereocenters. The summed E-state index contributed by atoms with van der Waals surface area (Å²) in [6, 6.07) is 3.17. The molecule has 1 fully saturated rings. The molecule has 0 radical (unpaired) electrons. The quantitative estimate of drug-likeness (QED) is 0.881. The van der Waals surface area contributed by atoms with Crippen LogP contribution >= 0.6 is 11.8 Å². The largest absolute Gasteiger partial charge is 0.363 e. The van der Waals surface area contributed by atoms with Crippen LogP contribution in [0.1, 0.15) is 24.2 Å². The summed E-state index contributed by atoms with van der Waals surface area (Å²) < 4.78 is 0. The van der Waals surface area contributed by atoms with Crippen LogP contribution < -0.4 is 10.2 Å². The first-order valence-electron chi connectivity index (χ1n) is 7.70. The predicted octanol–water partition coefficient (Wildman–Crippen LogP) is 1.43. The second-order valence-electron chi connectivity index (χ2n) is 6.23. The molecule has 1 N–H and O–H groups in total. The Morgan fingerprint density at radius 2 is 2.17 bits per heavy atom. The molecule has 2 heterocycles. The smallest absolute Gasteiger partial charge is 0.256 e. The second kappa shape index (κ2) is 7.68. The molecule has 7 heteroatoms. The molecule has 2 rings (SSSR count). The Labute approximate surface area is 141 Å². The van der Waals surface area contributed by atoms with E-state index in [0.29, 0.717) is 29.7 Å². The molecule has 6 nitrogen and oxygen atoms in total. The number of pyridine rings is 1. The van der Waals surface area contributed by atoms with Crippen molar-refractivity contribution >= 4 is 29.4 Å². The first-order chi connectivity index (χ1) is 10.9. The summed E-state index contributed by atoms with van der Waals surface area (Å²) in [6.45, 7) is 4.72. The van der Waals surface area contributed by atoms with Gasteiger partial charge >= 0.3 is 0 Å². The summed E-state index contributed by atoms with van der Waals surface area (Å²) in [5.41, 5.74) is 0.514. The van der Waals surface area contributed by atoms with Crippen molar-refractivity contribution in [1.29, 1.82) is 0 Å². The number of hydrogen-bond donors (Lipinski definition) is 1. The number of carbonyl (C=O) groups excluding carboxylic acids is 2. The van der Waals surface area contributed by atoms with Crippen LogP contribution in [0.15, 0.2) is 18.3 Å². The zero-order valence-electron chi connectivity index (χ0n) is 14.1. The minimum absolute atomic E-state index is 0.0741. The zero-order chi connectivity index (χ0) is 17.0. The molecule has 0 unspecified atom stereocenters. The number of nitrogens with zero attached hydrogens (tertiary/aromatic N) is 3. The summed E-state index contributed by atoms with van der Waals surface area (Å²) in [5.74, 6) is 2.14. The van der Waals surface area contributed by atoms with Crippen LogP contribution in [0.2, 0.25) is 0 Å². The fourth-order valence-electron chi connectivity index (χ4n) is 2.23. The Bertz CT molecular complexity index is 560. The molecular weight excluding hydrogens is 312 g/mol. The predicted molar refractivity (Wildman–Crippen MR) is 93.7 cm³/mol. The third kappa shape index (κ3) is 4.37. The summed E-state index contributed by atoms with van der Waals surface area (Å²) in [7, 11) is 3.80. The topological polar surface area (TPSA) is 65.5 Å². The molecule has 1 aliphatic rings. The molecule has 0 spiro atoms. The third-order valence-electron chi connectivity index (χ3n) is 3.58. The Hall–Kier alpha value is -1.76. The minimum atomic E-state index is -0.403. The SMILES string of the molecule is CC(C)CNC(=O)[C@@H]1CSCN1C(=O)c1ccc(N(C)C)nc1. The van der Waals surface area contributed by atoms with Gasteiger partial charge in [-0.25, -0.2) is 4.98 Å². The number of thioether (sulfide) groups is 1. The van der Waals surface area contributed by atoms with Crippen molar-refractivity contribution in [2.24, 2.45) is 5.92 Å². The second-order valence-corrected chi connectivity index (χ2v) is 7.23. The average Bonchev–Trinajstić information content (AvgIpc) is 3.01. The molecule has 23 heavy (non-hydrogen) atoms. The molecule has 0 aromatic carbocycles. The highest BCUT2D eigenvalue weighted by atomic mass is 32.2. The van der Waals surface area contributed by atoms with Gasteiger partial charge in [-0.3, -0.25) is 9.59 Å². The molecule has 0 saturated carbocycles. The van der Waals surface area contributed by atoms with E-state index in [1.54, 1.807) is 28.9 Å². The van der Waals surface area contributed by atoms with Crippen molar-refractivity contribution in [2.45, 2.75) is 19.9 Å². The van der Waals surface area contributed by atoms with Crippen LogP contribution in [0.3, 0.4) is 0 Å². The molecule has 0 bridgehead atoms. The Balaban J connectivity index is 2.06. The van der Waals surface area contributed by atoms with Crippen molar-refractivity contribution < 1.29 is 9.59 Å². The van der Waals surface area contributed by atoms with Gasteiger partial charge in [0, 0.05) is 32.6 Å². The van der Waals surface area contributed by atoms with Gasteiger partial charge < -0.3 is 15.1 Å². The van der Waals surface area contributed by atoms with E-state index in [2.05, 4.69) is 10.3 Å². The summed E-state index contributed by atoms with van der Waals surface area (Å²) in [4.78, 5) is 32.7. The summed E-state index contributed by atoms with van der Waals surface area (Å²) in [6.07, 6.45) is 1.57. The maximum Gasteiger partial charge on any atom is 0.256 e. The lowest BCUT2D eigenvalue weighted by Gasteiger charge is -2.23. The molecule has 0 aliphatic carbocycles. The van der Waals surface area contributed by atoms with Crippen molar-refractivity contribution in [3.05, 3.63) is 23.9 Å². The highest BCUT2D eigenvalue weighted by Gasteiger charge is 2.35. The van der Waals surface area contributed by atoms with E-state index in [1.165, 1.54) is 0 Å². The first kappa shape index (κ1) is 17.6. The lowest BCUT2D eigenvalue weighted by atomic mass is 10.2. The fourth-order valence-corrected chi connectivity index (χ4v) is 3.38. The first-order valence-corrected chi connectivity index (χ1v) is 8.85. The molecule has 1 aromatic rings. The Morgan fingerprint density at radius 1 is 1.43 bits per heavy atom. The van der Waals surface area contributed by atoms with Crippen LogP contribution in [0, 0.1) is 5.92 Å². The van der Waals surface area contributed by atoms with E-state index in [1.807, 2.05) is 38.9 Å². The van der Waals surface area contributed by atoms with E-state index in [4.69, 9.17) is 0 Å². The van der Waals surface area contributed by atoms with Gasteiger partial charge in [0.25, 0.3) is 5.91 Å². The van der Waals surface area contributed by atoms with Gasteiger partial charge in [-0.15, -0.1) is 11.8 Å². The maximum absolute atomic E-state index is 12.7. The van der Waals surface area contributed by atoms with E-state index < -0.39 is 6.04 Å². The number of carbonyl (C=O) groups is 2. The van der Waals surface area contributed by atoms with E-state index >= 15 is 0 Å². The summed E-state index contributed by atoms with van der Waals surface area (Å²) >= 11 is 1.60. The number of anilines is 1. The zero-order valence-corrected chi connectivity index (χ0v) is 14.9. The van der Waals surface area contributed by atoms with Gasteiger partial charge in [-0.2, -0.15) is 0 Å².